The van der Waals surface area contributed by atoms with E-state index < -0.39 is 5.54 Å². The first-order chi connectivity index (χ1) is 11.1. The zero-order valence-corrected chi connectivity index (χ0v) is 14.7. The lowest BCUT2D eigenvalue weighted by atomic mass is 9.99. The van der Waals surface area contributed by atoms with Gasteiger partial charge in [0.05, 0.1) is 16.5 Å². The van der Waals surface area contributed by atoms with E-state index in [1.54, 1.807) is 0 Å². The molecule has 6 nitrogen and oxygen atoms in total. The highest BCUT2D eigenvalue weighted by molar-refractivity contribution is 8.01. The number of rotatable bonds is 3. The second-order valence-corrected chi connectivity index (χ2v) is 7.42. The number of hydrogen-bond acceptors (Lipinski definition) is 6. The Bertz CT molecular complexity index is 745. The molecule has 1 aromatic heterocycles. The van der Waals surface area contributed by atoms with Crippen LogP contribution in [-0.4, -0.2) is 21.3 Å². The van der Waals surface area contributed by atoms with Gasteiger partial charge in [0.25, 0.3) is 0 Å². The van der Waals surface area contributed by atoms with E-state index in [9.17, 15) is 4.79 Å². The van der Waals surface area contributed by atoms with Crippen molar-refractivity contribution >= 4 is 35.8 Å². The molecule has 128 valence electrons. The molecule has 0 bridgehead atoms. The first kappa shape index (κ1) is 17.3. The summed E-state index contributed by atoms with van der Waals surface area (Å²) in [5, 5.41) is 6.71. The third-order valence-corrected chi connectivity index (χ3v) is 5.75. The standard InChI is InChI=1S/C16H18N4O2S.ClH/c17-16(7-3-4-8-16)15-19-13(22-20-15)9-12-14(21)18-10-5-1-2-6-11(10)23-12;/h1-2,5-6,12H,3-4,7-9,17H2,(H,18,21);1H. The number of nitrogens with one attached hydrogen (secondary N) is 1. The third kappa shape index (κ3) is 3.16. The fourth-order valence-electron chi connectivity index (χ4n) is 3.16. The van der Waals surface area contributed by atoms with Crippen LogP contribution in [0, 0.1) is 0 Å². The lowest BCUT2D eigenvalue weighted by Gasteiger charge is -2.22. The van der Waals surface area contributed by atoms with Gasteiger partial charge in [-0.25, -0.2) is 0 Å². The number of benzene rings is 1. The van der Waals surface area contributed by atoms with Crippen LogP contribution in [0.2, 0.25) is 0 Å². The summed E-state index contributed by atoms with van der Waals surface area (Å²) < 4.78 is 5.35. The van der Waals surface area contributed by atoms with Crippen molar-refractivity contribution in [2.24, 2.45) is 5.73 Å². The summed E-state index contributed by atoms with van der Waals surface area (Å²) in [4.78, 5) is 17.8. The van der Waals surface area contributed by atoms with E-state index in [0.717, 1.165) is 36.3 Å². The summed E-state index contributed by atoms with van der Waals surface area (Å²) in [7, 11) is 0. The minimum absolute atomic E-state index is 0. The van der Waals surface area contributed by atoms with E-state index in [2.05, 4.69) is 15.5 Å². The van der Waals surface area contributed by atoms with Crippen LogP contribution in [0.5, 0.6) is 0 Å². The molecule has 1 unspecified atom stereocenters. The molecule has 4 rings (SSSR count). The molecule has 1 aliphatic carbocycles. The van der Waals surface area contributed by atoms with E-state index >= 15 is 0 Å². The number of hydrogen-bond donors (Lipinski definition) is 2. The minimum atomic E-state index is -0.462. The van der Waals surface area contributed by atoms with Gasteiger partial charge in [-0.15, -0.1) is 24.2 Å². The van der Waals surface area contributed by atoms with Gasteiger partial charge in [-0.2, -0.15) is 4.98 Å². The van der Waals surface area contributed by atoms with Crippen molar-refractivity contribution in [1.82, 2.24) is 10.1 Å². The van der Waals surface area contributed by atoms with Crippen molar-refractivity contribution in [1.29, 1.82) is 0 Å². The summed E-state index contributed by atoms with van der Waals surface area (Å²) in [6, 6.07) is 7.77. The molecule has 24 heavy (non-hydrogen) atoms. The van der Waals surface area contributed by atoms with Crippen LogP contribution in [-0.2, 0) is 16.8 Å². The van der Waals surface area contributed by atoms with Gasteiger partial charge in [-0.1, -0.05) is 30.1 Å². The van der Waals surface area contributed by atoms with Gasteiger partial charge in [0.2, 0.25) is 11.8 Å². The Hall–Kier alpha value is -1.57. The molecule has 0 saturated heterocycles. The maximum absolute atomic E-state index is 12.2. The Morgan fingerprint density at radius 1 is 1.33 bits per heavy atom. The molecule has 1 fully saturated rings. The van der Waals surface area contributed by atoms with Gasteiger partial charge < -0.3 is 15.6 Å². The monoisotopic (exact) mass is 366 g/mol. The summed E-state index contributed by atoms with van der Waals surface area (Å²) in [5.74, 6) is 1.02. The highest BCUT2D eigenvalue weighted by atomic mass is 35.5. The van der Waals surface area contributed by atoms with E-state index in [-0.39, 0.29) is 23.6 Å². The number of thioether (sulfide) groups is 1. The molecule has 3 N–H and O–H groups in total. The summed E-state index contributed by atoms with van der Waals surface area (Å²) in [6.45, 7) is 0. The summed E-state index contributed by atoms with van der Waals surface area (Å²) in [6.07, 6.45) is 4.38. The van der Waals surface area contributed by atoms with Gasteiger partial charge in [0.1, 0.15) is 0 Å². The maximum Gasteiger partial charge on any atom is 0.238 e. The van der Waals surface area contributed by atoms with Gasteiger partial charge in [-0.3, -0.25) is 4.79 Å². The molecule has 2 aliphatic rings. The fraction of sp³-hybridized carbons (Fsp3) is 0.438. The van der Waals surface area contributed by atoms with E-state index in [0.29, 0.717) is 18.1 Å². The fourth-order valence-corrected chi connectivity index (χ4v) is 4.26. The van der Waals surface area contributed by atoms with Crippen LogP contribution < -0.4 is 11.1 Å². The number of amides is 1. The molecule has 1 amide bonds. The molecule has 1 saturated carbocycles. The van der Waals surface area contributed by atoms with Crippen LogP contribution in [0.25, 0.3) is 0 Å². The van der Waals surface area contributed by atoms with Crippen LogP contribution in [0.1, 0.15) is 37.4 Å². The minimum Gasteiger partial charge on any atom is -0.339 e. The van der Waals surface area contributed by atoms with Crippen LogP contribution in [0.4, 0.5) is 5.69 Å². The molecular weight excluding hydrogens is 348 g/mol. The number of fused-ring (bicyclic) bond motifs is 1. The average molecular weight is 367 g/mol. The normalized spacial score (nSPS) is 21.7. The number of nitrogens with two attached hydrogens (primary N) is 1. The first-order valence-electron chi connectivity index (χ1n) is 7.83. The van der Waals surface area contributed by atoms with Crippen molar-refractivity contribution in [3.05, 3.63) is 36.0 Å². The Morgan fingerprint density at radius 2 is 2.08 bits per heavy atom. The smallest absolute Gasteiger partial charge is 0.238 e. The summed E-state index contributed by atoms with van der Waals surface area (Å²) in [5.41, 5.74) is 6.74. The van der Waals surface area contributed by atoms with Crippen molar-refractivity contribution in [2.75, 3.05) is 5.32 Å². The highest BCUT2D eigenvalue weighted by Crippen LogP contribution is 2.37. The highest BCUT2D eigenvalue weighted by Gasteiger charge is 2.36. The number of para-hydroxylation sites is 1. The van der Waals surface area contributed by atoms with Crippen molar-refractivity contribution in [3.8, 4) is 0 Å². The summed E-state index contributed by atoms with van der Waals surface area (Å²) >= 11 is 1.53. The zero-order valence-electron chi connectivity index (χ0n) is 13.0. The first-order valence-corrected chi connectivity index (χ1v) is 8.70. The topological polar surface area (TPSA) is 94.0 Å². The van der Waals surface area contributed by atoms with E-state index in [4.69, 9.17) is 10.3 Å². The van der Waals surface area contributed by atoms with Gasteiger partial charge >= 0.3 is 0 Å². The second kappa shape index (κ2) is 6.74. The Morgan fingerprint density at radius 3 is 2.88 bits per heavy atom. The lowest BCUT2D eigenvalue weighted by Crippen LogP contribution is -2.34. The number of nitrogens with zero attached hydrogens (tertiary/aromatic N) is 2. The zero-order chi connectivity index (χ0) is 15.9. The number of carbonyl (C=O) groups is 1. The molecule has 1 aromatic carbocycles. The van der Waals surface area contributed by atoms with Gasteiger partial charge in [0.15, 0.2) is 5.82 Å². The Kier molecular flexibility index (Phi) is 4.85. The quantitative estimate of drug-likeness (QED) is 0.867. The van der Waals surface area contributed by atoms with Crippen LogP contribution in [0.3, 0.4) is 0 Å². The van der Waals surface area contributed by atoms with E-state index in [1.165, 1.54) is 11.8 Å². The predicted molar refractivity (Wildman–Crippen MR) is 94.3 cm³/mol. The van der Waals surface area contributed by atoms with Crippen molar-refractivity contribution in [3.63, 3.8) is 0 Å². The van der Waals surface area contributed by atoms with Crippen molar-refractivity contribution in [2.45, 2.75) is 47.8 Å². The molecular formula is C16H19ClN4O2S. The number of aromatic nitrogens is 2. The second-order valence-electron chi connectivity index (χ2n) is 6.17. The Labute approximate surface area is 150 Å². The molecule has 2 heterocycles. The molecule has 1 aliphatic heterocycles. The predicted octanol–water partition coefficient (Wildman–Crippen LogP) is 2.87. The van der Waals surface area contributed by atoms with Crippen LogP contribution in [0.15, 0.2) is 33.7 Å². The molecule has 2 aromatic rings. The van der Waals surface area contributed by atoms with Gasteiger partial charge in [0, 0.05) is 11.3 Å². The largest absolute Gasteiger partial charge is 0.339 e. The third-order valence-electron chi connectivity index (χ3n) is 4.48. The van der Waals surface area contributed by atoms with E-state index in [1.807, 2.05) is 24.3 Å². The SMILES string of the molecule is Cl.NC1(c2noc(CC3Sc4ccccc4NC3=O)n2)CCCC1. The average Bonchev–Trinajstić information content (AvgIpc) is 3.18. The lowest BCUT2D eigenvalue weighted by molar-refractivity contribution is -0.115. The number of carbonyl (C=O) groups excluding carboxylic acids is 1. The van der Waals surface area contributed by atoms with Gasteiger partial charge in [-0.05, 0) is 25.0 Å². The maximum atomic E-state index is 12.2. The van der Waals surface area contributed by atoms with Crippen molar-refractivity contribution < 1.29 is 9.32 Å². The molecule has 0 radical (unpaired) electrons. The molecule has 0 spiro atoms. The number of halogens is 1. The Balaban J connectivity index is 0.00000169. The molecule has 1 atom stereocenters. The molecule has 8 heteroatoms. The number of anilines is 1. The van der Waals surface area contributed by atoms with Crippen LogP contribution >= 0.6 is 24.2 Å².